The van der Waals surface area contributed by atoms with Crippen LogP contribution in [0.4, 0.5) is 0 Å². The Labute approximate surface area is 189 Å². The summed E-state index contributed by atoms with van der Waals surface area (Å²) in [6, 6.07) is -5.20. The van der Waals surface area contributed by atoms with Crippen LogP contribution in [0.5, 0.6) is 0 Å². The van der Waals surface area contributed by atoms with Gasteiger partial charge in [0.1, 0.15) is 24.2 Å². The van der Waals surface area contributed by atoms with Gasteiger partial charge in [-0.2, -0.15) is 0 Å². The first-order valence-electron chi connectivity index (χ1n) is 10.2. The van der Waals surface area contributed by atoms with E-state index in [0.717, 1.165) is 0 Å². The first kappa shape index (κ1) is 27.5. The largest absolute Gasteiger partial charge is 0.481 e. The number of carbonyl (C=O) groups is 5. The number of amides is 3. The summed E-state index contributed by atoms with van der Waals surface area (Å²) in [4.78, 5) is 66.7. The van der Waals surface area contributed by atoms with Crippen LogP contribution >= 0.6 is 0 Å². The number of rotatable bonds is 14. The van der Waals surface area contributed by atoms with E-state index in [2.05, 4.69) is 25.9 Å². The van der Waals surface area contributed by atoms with E-state index in [9.17, 15) is 29.1 Å². The molecule has 184 valence electrons. The maximum atomic E-state index is 12.9. The Morgan fingerprint density at radius 1 is 1.03 bits per heavy atom. The van der Waals surface area contributed by atoms with E-state index in [-0.39, 0.29) is 12.8 Å². The van der Waals surface area contributed by atoms with Gasteiger partial charge in [-0.15, -0.1) is 0 Å². The molecular formula is C19H30N6O8. The van der Waals surface area contributed by atoms with Crippen molar-refractivity contribution in [2.75, 3.05) is 6.61 Å². The summed E-state index contributed by atoms with van der Waals surface area (Å²) in [5, 5.41) is 34.4. The van der Waals surface area contributed by atoms with Crippen molar-refractivity contribution >= 4 is 29.7 Å². The number of carbonyl (C=O) groups excluding carboxylic acids is 3. The molecule has 1 heterocycles. The topological polar surface area (TPSA) is 237 Å². The number of aromatic amines is 1. The molecule has 33 heavy (non-hydrogen) atoms. The molecule has 1 rings (SSSR count). The van der Waals surface area contributed by atoms with Gasteiger partial charge in [0.15, 0.2) is 0 Å². The number of nitrogens with zero attached hydrogens (tertiary/aromatic N) is 1. The highest BCUT2D eigenvalue weighted by molar-refractivity contribution is 5.94. The number of aromatic nitrogens is 2. The highest BCUT2D eigenvalue weighted by Gasteiger charge is 2.31. The predicted molar refractivity (Wildman–Crippen MR) is 112 cm³/mol. The molecule has 1 aromatic heterocycles. The van der Waals surface area contributed by atoms with E-state index < -0.39 is 72.8 Å². The van der Waals surface area contributed by atoms with Crippen LogP contribution in [0, 0.1) is 5.92 Å². The molecule has 4 atom stereocenters. The van der Waals surface area contributed by atoms with Crippen molar-refractivity contribution in [2.45, 2.75) is 57.3 Å². The van der Waals surface area contributed by atoms with Gasteiger partial charge in [0.05, 0.1) is 12.9 Å². The normalized spacial score (nSPS) is 14.6. The maximum absolute atomic E-state index is 12.9. The average molecular weight is 470 g/mol. The standard InChI is InChI=1S/C19H30N6O8/c1-9(2)15(19(32)33)25-17(30)12(3-4-14(27)28)23-18(31)13(5-10-6-21-8-22-10)24-16(29)11(20)7-26/h6,8-9,11-13,15,26H,3-5,7,20H2,1-2H3,(H,21,22)(H,23,31)(H,24,29)(H,25,30)(H,27,28)(H,32,33). The molecule has 0 bridgehead atoms. The third-order valence-corrected chi connectivity index (χ3v) is 4.66. The van der Waals surface area contributed by atoms with E-state index in [0.29, 0.717) is 5.69 Å². The van der Waals surface area contributed by atoms with Gasteiger partial charge >= 0.3 is 11.9 Å². The van der Waals surface area contributed by atoms with Gasteiger partial charge < -0.3 is 42.0 Å². The molecule has 0 aliphatic heterocycles. The minimum atomic E-state index is -1.39. The summed E-state index contributed by atoms with van der Waals surface area (Å²) in [7, 11) is 0. The first-order chi connectivity index (χ1) is 15.5. The molecular weight excluding hydrogens is 440 g/mol. The number of H-pyrrole nitrogens is 1. The van der Waals surface area contributed by atoms with E-state index in [1.165, 1.54) is 12.5 Å². The summed E-state index contributed by atoms with van der Waals surface area (Å²) < 4.78 is 0. The molecule has 0 saturated carbocycles. The van der Waals surface area contributed by atoms with Gasteiger partial charge in [0, 0.05) is 24.7 Å². The van der Waals surface area contributed by atoms with Crippen LogP contribution in [0.15, 0.2) is 12.5 Å². The molecule has 1 aromatic rings. The molecule has 0 spiro atoms. The van der Waals surface area contributed by atoms with Crippen LogP contribution in [-0.4, -0.2) is 85.7 Å². The third kappa shape index (κ3) is 9.24. The van der Waals surface area contributed by atoms with Crippen molar-refractivity contribution in [2.24, 2.45) is 11.7 Å². The van der Waals surface area contributed by atoms with Crippen LogP contribution in [0.2, 0.25) is 0 Å². The molecule has 0 fully saturated rings. The van der Waals surface area contributed by atoms with Crippen LogP contribution in [-0.2, 0) is 30.4 Å². The fourth-order valence-corrected chi connectivity index (χ4v) is 2.76. The summed E-state index contributed by atoms with van der Waals surface area (Å²) in [6.07, 6.45) is 1.88. The van der Waals surface area contributed by atoms with Gasteiger partial charge in [-0.25, -0.2) is 9.78 Å². The van der Waals surface area contributed by atoms with Gasteiger partial charge in [0.2, 0.25) is 17.7 Å². The van der Waals surface area contributed by atoms with Crippen molar-refractivity contribution in [3.63, 3.8) is 0 Å². The number of nitrogens with one attached hydrogen (secondary N) is 4. The number of hydrogen-bond donors (Lipinski definition) is 8. The fourth-order valence-electron chi connectivity index (χ4n) is 2.76. The number of imidazole rings is 1. The van der Waals surface area contributed by atoms with Crippen molar-refractivity contribution in [1.82, 2.24) is 25.9 Å². The lowest BCUT2D eigenvalue weighted by Crippen LogP contribution is -2.58. The fraction of sp³-hybridized carbons (Fsp3) is 0.579. The smallest absolute Gasteiger partial charge is 0.326 e. The molecule has 14 heteroatoms. The molecule has 14 nitrogen and oxygen atoms in total. The Bertz CT molecular complexity index is 828. The number of carboxylic acid groups (broad SMARTS) is 2. The Kier molecular flexibility index (Phi) is 10.9. The number of aliphatic carboxylic acids is 2. The summed E-state index contributed by atoms with van der Waals surface area (Å²) in [6.45, 7) is 2.48. The molecule has 3 amide bonds. The Morgan fingerprint density at radius 3 is 2.12 bits per heavy atom. The lowest BCUT2D eigenvalue weighted by molar-refractivity contribution is -0.144. The number of aliphatic hydroxyl groups is 1. The van der Waals surface area contributed by atoms with Crippen LogP contribution < -0.4 is 21.7 Å². The van der Waals surface area contributed by atoms with Crippen molar-refractivity contribution in [3.05, 3.63) is 18.2 Å². The quantitative estimate of drug-likeness (QED) is 0.140. The van der Waals surface area contributed by atoms with E-state index in [1.807, 2.05) is 0 Å². The molecule has 0 saturated heterocycles. The Hall–Kier alpha value is -3.52. The second kappa shape index (κ2) is 13.1. The number of aliphatic hydroxyl groups excluding tert-OH is 1. The lowest BCUT2D eigenvalue weighted by Gasteiger charge is -2.25. The van der Waals surface area contributed by atoms with E-state index >= 15 is 0 Å². The minimum Gasteiger partial charge on any atom is -0.481 e. The second-order valence-corrected chi connectivity index (χ2v) is 7.69. The van der Waals surface area contributed by atoms with Crippen molar-refractivity contribution in [3.8, 4) is 0 Å². The number of carboxylic acids is 2. The van der Waals surface area contributed by atoms with Crippen molar-refractivity contribution < 1.29 is 39.3 Å². The Morgan fingerprint density at radius 2 is 1.64 bits per heavy atom. The summed E-state index contributed by atoms with van der Waals surface area (Å²) >= 11 is 0. The Balaban J connectivity index is 3.06. The summed E-state index contributed by atoms with van der Waals surface area (Å²) in [5.74, 6) is -5.54. The molecule has 0 aliphatic carbocycles. The maximum Gasteiger partial charge on any atom is 0.326 e. The van der Waals surface area contributed by atoms with Gasteiger partial charge in [0.25, 0.3) is 0 Å². The number of nitrogens with two attached hydrogens (primary N) is 1. The zero-order valence-corrected chi connectivity index (χ0v) is 18.3. The van der Waals surface area contributed by atoms with E-state index in [4.69, 9.17) is 15.9 Å². The van der Waals surface area contributed by atoms with Crippen LogP contribution in [0.25, 0.3) is 0 Å². The number of hydrogen-bond acceptors (Lipinski definition) is 8. The zero-order valence-electron chi connectivity index (χ0n) is 18.3. The monoisotopic (exact) mass is 470 g/mol. The third-order valence-electron chi connectivity index (χ3n) is 4.66. The van der Waals surface area contributed by atoms with Crippen LogP contribution in [0.3, 0.4) is 0 Å². The summed E-state index contributed by atoms with van der Waals surface area (Å²) in [5.41, 5.74) is 5.94. The molecule has 0 aliphatic rings. The van der Waals surface area contributed by atoms with E-state index in [1.54, 1.807) is 13.8 Å². The SMILES string of the molecule is CC(C)C(NC(=O)C(CCC(=O)O)NC(=O)C(Cc1cnc[nH]1)NC(=O)C(N)CO)C(=O)O. The highest BCUT2D eigenvalue weighted by Crippen LogP contribution is 2.07. The lowest BCUT2D eigenvalue weighted by atomic mass is 10.0. The van der Waals surface area contributed by atoms with Crippen LogP contribution in [0.1, 0.15) is 32.4 Å². The molecule has 0 radical (unpaired) electrons. The van der Waals surface area contributed by atoms with Crippen molar-refractivity contribution in [1.29, 1.82) is 0 Å². The minimum absolute atomic E-state index is 0.0767. The van der Waals surface area contributed by atoms with Gasteiger partial charge in [-0.05, 0) is 12.3 Å². The second-order valence-electron chi connectivity index (χ2n) is 7.69. The molecule has 4 unspecified atom stereocenters. The highest BCUT2D eigenvalue weighted by atomic mass is 16.4. The van der Waals surface area contributed by atoms with Gasteiger partial charge in [-0.1, -0.05) is 13.8 Å². The van der Waals surface area contributed by atoms with Gasteiger partial charge in [-0.3, -0.25) is 19.2 Å². The predicted octanol–water partition coefficient (Wildman–Crippen LogP) is -2.67. The molecule has 9 N–H and O–H groups in total. The average Bonchev–Trinajstić information content (AvgIpc) is 3.25. The first-order valence-corrected chi connectivity index (χ1v) is 10.2. The zero-order chi connectivity index (χ0) is 25.1. The molecule has 0 aromatic carbocycles.